The lowest BCUT2D eigenvalue weighted by atomic mass is 10.1. The summed E-state index contributed by atoms with van der Waals surface area (Å²) in [6.07, 6.45) is 2.37. The average molecular weight is 455 g/mol. The molecule has 168 valence electrons. The summed E-state index contributed by atoms with van der Waals surface area (Å²) in [5.74, 6) is -0.124. The average Bonchev–Trinajstić information content (AvgIpc) is 3.19. The maximum atomic E-state index is 14.0. The zero-order chi connectivity index (χ0) is 22.5. The van der Waals surface area contributed by atoms with Crippen LogP contribution in [0.4, 0.5) is 15.2 Å². The molecule has 2 heterocycles. The zero-order valence-electron chi connectivity index (χ0n) is 18.1. The van der Waals surface area contributed by atoms with E-state index in [1.165, 1.54) is 17.4 Å². The van der Waals surface area contributed by atoms with Gasteiger partial charge in [0.25, 0.3) is 0 Å². The minimum absolute atomic E-state index is 0.0209. The summed E-state index contributed by atoms with van der Waals surface area (Å²) in [6, 6.07) is 12.7. The number of rotatable bonds is 7. The molecule has 0 bridgehead atoms. The molecule has 3 aromatic rings. The number of para-hydroxylation sites is 1. The minimum Gasteiger partial charge on any atom is -0.366 e. The van der Waals surface area contributed by atoms with Gasteiger partial charge >= 0.3 is 0 Å². The van der Waals surface area contributed by atoms with Crippen molar-refractivity contribution < 1.29 is 14.0 Å². The molecule has 4 rings (SSSR count). The number of hydrogen-bond donors (Lipinski definition) is 1. The van der Waals surface area contributed by atoms with Gasteiger partial charge < -0.3 is 15.1 Å². The topological polar surface area (TPSA) is 65.5 Å². The molecule has 0 atom stereocenters. The third kappa shape index (κ3) is 5.24. The van der Waals surface area contributed by atoms with E-state index >= 15 is 0 Å². The van der Waals surface area contributed by atoms with Crippen LogP contribution in [0.15, 0.2) is 42.5 Å². The Balaban J connectivity index is 1.30. The molecule has 1 N–H and O–H groups in total. The molecular weight excluding hydrogens is 427 g/mol. The number of nitrogens with zero attached hydrogens (tertiary/aromatic N) is 3. The van der Waals surface area contributed by atoms with Gasteiger partial charge in [0.15, 0.2) is 5.13 Å². The Morgan fingerprint density at radius 2 is 1.88 bits per heavy atom. The fourth-order valence-corrected chi connectivity index (χ4v) is 4.85. The molecule has 1 aliphatic heterocycles. The predicted molar refractivity (Wildman–Crippen MR) is 127 cm³/mol. The van der Waals surface area contributed by atoms with Crippen LogP contribution < -0.4 is 10.2 Å². The summed E-state index contributed by atoms with van der Waals surface area (Å²) < 4.78 is 15.0. The highest BCUT2D eigenvalue weighted by molar-refractivity contribution is 7.22. The normalized spacial score (nSPS) is 14.1. The SMILES string of the molecule is CCCC(=O)Nc1nc2ccc(CCC(=O)N3CCN(c4ccccc4F)CC3)cc2s1. The van der Waals surface area contributed by atoms with Crippen LogP contribution in [-0.2, 0) is 16.0 Å². The number of hydrogen-bond acceptors (Lipinski definition) is 5. The van der Waals surface area contributed by atoms with Crippen molar-refractivity contribution in [3.63, 3.8) is 0 Å². The van der Waals surface area contributed by atoms with Gasteiger partial charge in [-0.1, -0.05) is 36.5 Å². The second-order valence-corrected chi connectivity index (χ2v) is 8.97. The van der Waals surface area contributed by atoms with Gasteiger partial charge in [-0.2, -0.15) is 0 Å². The van der Waals surface area contributed by atoms with Gasteiger partial charge in [0.1, 0.15) is 5.82 Å². The summed E-state index contributed by atoms with van der Waals surface area (Å²) in [5, 5.41) is 3.45. The third-order valence-electron chi connectivity index (χ3n) is 5.63. The van der Waals surface area contributed by atoms with Gasteiger partial charge in [0, 0.05) is 39.0 Å². The van der Waals surface area contributed by atoms with Crippen LogP contribution in [0.2, 0.25) is 0 Å². The largest absolute Gasteiger partial charge is 0.366 e. The number of thiazole rings is 1. The summed E-state index contributed by atoms with van der Waals surface area (Å²) in [4.78, 5) is 32.8. The molecule has 0 radical (unpaired) electrons. The fraction of sp³-hybridized carbons (Fsp3) is 0.375. The summed E-state index contributed by atoms with van der Waals surface area (Å²) in [6.45, 7) is 4.43. The van der Waals surface area contributed by atoms with Crippen molar-refractivity contribution in [2.75, 3.05) is 36.4 Å². The summed E-state index contributed by atoms with van der Waals surface area (Å²) in [5.41, 5.74) is 2.52. The van der Waals surface area contributed by atoms with Crippen molar-refractivity contribution in [1.29, 1.82) is 0 Å². The first kappa shape index (κ1) is 22.2. The highest BCUT2D eigenvalue weighted by Crippen LogP contribution is 2.27. The molecule has 0 unspecified atom stereocenters. The molecule has 0 saturated carbocycles. The van der Waals surface area contributed by atoms with Crippen LogP contribution in [0.3, 0.4) is 0 Å². The number of nitrogens with one attached hydrogen (secondary N) is 1. The number of anilines is 2. The van der Waals surface area contributed by atoms with Crippen LogP contribution in [0.1, 0.15) is 31.7 Å². The number of halogens is 1. The van der Waals surface area contributed by atoms with Gasteiger partial charge in [-0.05, 0) is 42.7 Å². The van der Waals surface area contributed by atoms with E-state index in [0.717, 1.165) is 22.2 Å². The van der Waals surface area contributed by atoms with E-state index in [4.69, 9.17) is 0 Å². The smallest absolute Gasteiger partial charge is 0.226 e. The van der Waals surface area contributed by atoms with E-state index in [1.807, 2.05) is 41.0 Å². The number of amides is 2. The number of aryl methyl sites for hydroxylation is 1. The van der Waals surface area contributed by atoms with Crippen molar-refractivity contribution in [3.8, 4) is 0 Å². The molecule has 0 aliphatic carbocycles. The Morgan fingerprint density at radius 1 is 1.09 bits per heavy atom. The Bertz CT molecular complexity index is 1110. The van der Waals surface area contributed by atoms with E-state index in [9.17, 15) is 14.0 Å². The van der Waals surface area contributed by atoms with E-state index in [-0.39, 0.29) is 17.6 Å². The van der Waals surface area contributed by atoms with Crippen molar-refractivity contribution in [2.24, 2.45) is 0 Å². The second kappa shape index (κ2) is 10.1. The van der Waals surface area contributed by atoms with Crippen LogP contribution in [0, 0.1) is 5.82 Å². The van der Waals surface area contributed by atoms with Crippen molar-refractivity contribution >= 4 is 44.2 Å². The monoisotopic (exact) mass is 454 g/mol. The maximum Gasteiger partial charge on any atom is 0.226 e. The van der Waals surface area contributed by atoms with Crippen LogP contribution in [0.5, 0.6) is 0 Å². The molecule has 32 heavy (non-hydrogen) atoms. The Kier molecular flexibility index (Phi) is 6.99. The van der Waals surface area contributed by atoms with Gasteiger partial charge in [0.2, 0.25) is 11.8 Å². The van der Waals surface area contributed by atoms with Crippen molar-refractivity contribution in [3.05, 3.63) is 53.8 Å². The molecule has 2 amide bonds. The second-order valence-electron chi connectivity index (χ2n) is 7.94. The molecule has 0 spiro atoms. The quantitative estimate of drug-likeness (QED) is 0.573. The Hall–Kier alpha value is -3.00. The van der Waals surface area contributed by atoms with E-state index in [2.05, 4.69) is 10.3 Å². The highest BCUT2D eigenvalue weighted by atomic mass is 32.1. The summed E-state index contributed by atoms with van der Waals surface area (Å²) >= 11 is 1.45. The van der Waals surface area contributed by atoms with Crippen molar-refractivity contribution in [2.45, 2.75) is 32.6 Å². The number of benzene rings is 2. The molecule has 2 aromatic carbocycles. The first-order valence-electron chi connectivity index (χ1n) is 11.0. The summed E-state index contributed by atoms with van der Waals surface area (Å²) in [7, 11) is 0. The van der Waals surface area contributed by atoms with Gasteiger partial charge in [-0.25, -0.2) is 9.37 Å². The molecule has 8 heteroatoms. The molecular formula is C24H27FN4O2S. The number of fused-ring (bicyclic) bond motifs is 1. The minimum atomic E-state index is -0.223. The van der Waals surface area contributed by atoms with Crippen molar-refractivity contribution in [1.82, 2.24) is 9.88 Å². The lowest BCUT2D eigenvalue weighted by Crippen LogP contribution is -2.49. The first-order chi connectivity index (χ1) is 15.5. The van der Waals surface area contributed by atoms with E-state index in [1.54, 1.807) is 12.1 Å². The lowest BCUT2D eigenvalue weighted by molar-refractivity contribution is -0.131. The van der Waals surface area contributed by atoms with Gasteiger partial charge in [0.05, 0.1) is 15.9 Å². The molecule has 1 aromatic heterocycles. The Labute approximate surface area is 191 Å². The number of carbonyl (C=O) groups excluding carboxylic acids is 2. The first-order valence-corrected chi connectivity index (χ1v) is 11.8. The number of carbonyl (C=O) groups is 2. The fourth-order valence-electron chi connectivity index (χ4n) is 3.90. The van der Waals surface area contributed by atoms with Gasteiger partial charge in [-0.3, -0.25) is 9.59 Å². The van der Waals surface area contributed by atoms with Crippen LogP contribution >= 0.6 is 11.3 Å². The van der Waals surface area contributed by atoms with E-state index in [0.29, 0.717) is 56.3 Å². The standard InChI is InChI=1S/C24H27FN4O2S/c1-2-5-22(30)27-24-26-19-10-8-17(16-21(19)32-24)9-11-23(31)29-14-12-28(13-15-29)20-7-4-3-6-18(20)25/h3-4,6-8,10,16H,2,5,9,11-15H2,1H3,(H,26,27,30). The van der Waals surface area contributed by atoms with Crippen LogP contribution in [0.25, 0.3) is 10.2 Å². The number of piperazine rings is 1. The number of aromatic nitrogens is 1. The lowest BCUT2D eigenvalue weighted by Gasteiger charge is -2.36. The van der Waals surface area contributed by atoms with Gasteiger partial charge in [-0.15, -0.1) is 0 Å². The maximum absolute atomic E-state index is 14.0. The molecule has 1 saturated heterocycles. The third-order valence-corrected chi connectivity index (χ3v) is 6.56. The molecule has 1 aliphatic rings. The zero-order valence-corrected chi connectivity index (χ0v) is 19.0. The molecule has 1 fully saturated rings. The Morgan fingerprint density at radius 3 is 2.62 bits per heavy atom. The van der Waals surface area contributed by atoms with E-state index < -0.39 is 0 Å². The predicted octanol–water partition coefficient (Wildman–Crippen LogP) is 4.46. The van der Waals surface area contributed by atoms with Crippen LogP contribution in [-0.4, -0.2) is 47.9 Å². The molecule has 6 nitrogen and oxygen atoms in total. The highest BCUT2D eigenvalue weighted by Gasteiger charge is 2.22.